The first-order chi connectivity index (χ1) is 29.4. The summed E-state index contributed by atoms with van der Waals surface area (Å²) in [6, 6.07) is 44.2. The topological polar surface area (TPSA) is 27.1 Å². The molecule has 7 aromatic rings. The Balaban J connectivity index is 0.00000560. The Hall–Kier alpha value is -4.54. The van der Waals surface area contributed by atoms with Gasteiger partial charge in [0.15, 0.2) is 12.4 Å². The summed E-state index contributed by atoms with van der Waals surface area (Å²) in [6.45, 7) is 36.8. The van der Waals surface area contributed by atoms with Gasteiger partial charge >= 0.3 is 0 Å². The van der Waals surface area contributed by atoms with Crippen molar-refractivity contribution in [2.24, 2.45) is 0 Å². The quantitative estimate of drug-likeness (QED) is 0.0862. The monoisotopic (exact) mass is 1030 g/mol. The van der Waals surface area contributed by atoms with E-state index in [1.54, 1.807) is 0 Å². The van der Waals surface area contributed by atoms with Gasteiger partial charge in [0.25, 0.3) is 0 Å². The summed E-state index contributed by atoms with van der Waals surface area (Å²) < 4.78 is 10.5. The fourth-order valence-corrected chi connectivity index (χ4v) is 9.70. The Morgan fingerprint density at radius 2 is 1.19 bits per heavy atom. The third-order valence-corrected chi connectivity index (χ3v) is 14.5. The molecule has 0 spiro atoms. The van der Waals surface area contributed by atoms with Gasteiger partial charge in [0.2, 0.25) is 11.4 Å². The van der Waals surface area contributed by atoms with Gasteiger partial charge in [0.1, 0.15) is 5.82 Å². The minimum Gasteiger partial charge on any atom is -0.509 e. The molecule has 9 rings (SSSR count). The third kappa shape index (κ3) is 7.20. The zero-order valence-electron chi connectivity index (χ0n) is 40.8. The average Bonchev–Trinajstić information content (AvgIpc) is 3.72. The molecule has 5 aromatic carbocycles. The Morgan fingerprint density at radius 3 is 1.84 bits per heavy atom. The number of fused-ring (bicyclic) bond motifs is 7. The van der Waals surface area contributed by atoms with E-state index in [2.05, 4.69) is 224 Å². The summed E-state index contributed by atoms with van der Waals surface area (Å²) in [5.41, 5.74) is 13.4. The maximum Gasteiger partial charge on any atom is 0.225 e. The Labute approximate surface area is 397 Å². The Kier molecular flexibility index (Phi) is 11.0. The van der Waals surface area contributed by atoms with Crippen LogP contribution in [0.1, 0.15) is 145 Å². The fourth-order valence-electron chi connectivity index (χ4n) is 9.70. The molecule has 5 nitrogen and oxygen atoms in total. The first-order valence-corrected chi connectivity index (χ1v) is 23.1. The molecule has 4 heterocycles. The predicted octanol–water partition coefficient (Wildman–Crippen LogP) is 16.2. The SMILES string of the molecule is CCC(C)(CC)c1cccc([N@+]23[CH-][N+]2(c2[c-]c(Oc4[c-]c5c(cc4)c4ccc(C(C)(C)C)cc4n5-c4cc(C(C)(C)C)ccn4)cc(C(C)(C)C)c2)c2cc(C(C)(C)C)ccc23)c1.[Pt]. The van der Waals surface area contributed by atoms with Crippen LogP contribution in [-0.4, -0.2) is 9.55 Å². The second kappa shape index (κ2) is 15.3. The number of ether oxygens (including phenoxy) is 1. The number of rotatable bonds is 8. The van der Waals surface area contributed by atoms with Crippen LogP contribution in [0.5, 0.6) is 11.5 Å². The molecule has 0 saturated carbocycles. The zero-order valence-corrected chi connectivity index (χ0v) is 43.1. The van der Waals surface area contributed by atoms with Crippen molar-refractivity contribution in [1.29, 1.82) is 0 Å². The van der Waals surface area contributed by atoms with E-state index in [9.17, 15) is 0 Å². The van der Waals surface area contributed by atoms with Gasteiger partial charge in [-0.15, -0.1) is 35.2 Å². The van der Waals surface area contributed by atoms with Crippen LogP contribution in [0.4, 0.5) is 22.7 Å². The van der Waals surface area contributed by atoms with Gasteiger partial charge in [-0.1, -0.05) is 146 Å². The predicted molar refractivity (Wildman–Crippen MR) is 266 cm³/mol. The van der Waals surface area contributed by atoms with E-state index in [0.717, 1.165) is 40.8 Å². The van der Waals surface area contributed by atoms with Crippen molar-refractivity contribution in [1.82, 2.24) is 18.7 Å². The summed E-state index contributed by atoms with van der Waals surface area (Å²) in [5.74, 6) is 2.20. The van der Waals surface area contributed by atoms with Gasteiger partial charge in [-0.05, 0) is 85.8 Å². The number of hydrogen-bond donors (Lipinski definition) is 0. The normalized spacial score (nSPS) is 18.6. The minimum absolute atomic E-state index is 0. The number of benzene rings is 5. The second-order valence-electron chi connectivity index (χ2n) is 22.8. The van der Waals surface area contributed by atoms with Crippen LogP contribution in [0.3, 0.4) is 0 Å². The van der Waals surface area contributed by atoms with Gasteiger partial charge in [-0.3, -0.25) is 0 Å². The molecule has 2 atom stereocenters. The van der Waals surface area contributed by atoms with Crippen LogP contribution >= 0.6 is 0 Å². The summed E-state index contributed by atoms with van der Waals surface area (Å²) in [4.78, 5) is 4.99. The van der Waals surface area contributed by atoms with Crippen molar-refractivity contribution in [3.8, 4) is 17.3 Å². The molecular formula is C58H67N4OPt-. The van der Waals surface area contributed by atoms with Gasteiger partial charge < -0.3 is 9.30 Å². The van der Waals surface area contributed by atoms with E-state index < -0.39 is 0 Å². The van der Waals surface area contributed by atoms with Crippen LogP contribution in [-0.2, 0) is 48.1 Å². The number of hydrogen-bond acceptors (Lipinski definition) is 2. The van der Waals surface area contributed by atoms with Crippen LogP contribution in [0, 0.1) is 18.8 Å². The van der Waals surface area contributed by atoms with E-state index >= 15 is 0 Å². The molecule has 1 saturated heterocycles. The summed E-state index contributed by atoms with van der Waals surface area (Å²) >= 11 is 0. The molecule has 0 radical (unpaired) electrons. The first kappa shape index (κ1) is 46.0. The van der Waals surface area contributed by atoms with Gasteiger partial charge in [0, 0.05) is 68.5 Å². The smallest absolute Gasteiger partial charge is 0.225 e. The number of aromatic nitrogens is 2. The maximum absolute atomic E-state index is 7.01. The Bertz CT molecular complexity index is 2950. The standard InChI is InChI=1S/C58H67N4O.Pt/c1-16-58(15,17-2)41-19-18-20-43(29-41)61-37-62(61,52-33-39(55(6,7)8)22-26-51(52)61)44-30-42(57(12,13)14)31-46(35-44)63-45-23-25-48-47-24-21-38(54(3,4)5)32-49(47)60(50(48)36-45)53-34-40(27-28-59-53)56(9,10)11;/h18-34,37H,16-17H2,1-15H3;/q-1;/t61-,62?;/m0./s1. The average molecular weight is 1030 g/mol. The van der Waals surface area contributed by atoms with E-state index in [-0.39, 0.29) is 48.1 Å². The van der Waals surface area contributed by atoms with E-state index in [1.807, 2.05) is 6.20 Å². The second-order valence-corrected chi connectivity index (χ2v) is 22.8. The molecule has 0 bridgehead atoms. The number of nitrogens with zero attached hydrogens (tertiary/aromatic N) is 4. The van der Waals surface area contributed by atoms with Crippen molar-refractivity contribution in [2.75, 3.05) is 0 Å². The molecule has 0 amide bonds. The van der Waals surface area contributed by atoms with Crippen molar-refractivity contribution in [2.45, 2.75) is 144 Å². The molecule has 2 aliphatic rings. The maximum atomic E-state index is 7.01. The zero-order chi connectivity index (χ0) is 45.3. The van der Waals surface area contributed by atoms with E-state index in [4.69, 9.17) is 9.72 Å². The molecule has 1 unspecified atom stereocenters. The van der Waals surface area contributed by atoms with Gasteiger partial charge in [0.05, 0.1) is 5.69 Å². The fraction of sp³-hybridized carbons (Fsp3) is 0.379. The summed E-state index contributed by atoms with van der Waals surface area (Å²) in [5, 5.41) is 2.28. The van der Waals surface area contributed by atoms with Gasteiger partial charge in [-0.2, -0.15) is 10.7 Å². The number of pyridine rings is 1. The molecule has 336 valence electrons. The molecule has 2 aliphatic heterocycles. The molecule has 6 heteroatoms. The van der Waals surface area contributed by atoms with Crippen LogP contribution in [0.25, 0.3) is 27.6 Å². The van der Waals surface area contributed by atoms with Crippen LogP contribution in [0.2, 0.25) is 0 Å². The van der Waals surface area contributed by atoms with Crippen molar-refractivity contribution in [3.63, 3.8) is 0 Å². The van der Waals surface area contributed by atoms with Crippen molar-refractivity contribution < 1.29 is 25.8 Å². The van der Waals surface area contributed by atoms with Crippen LogP contribution < -0.4 is 13.9 Å². The van der Waals surface area contributed by atoms with Crippen molar-refractivity contribution >= 4 is 44.6 Å². The minimum atomic E-state index is -0.147. The van der Waals surface area contributed by atoms with E-state index in [1.165, 1.54) is 50.3 Å². The largest absolute Gasteiger partial charge is 0.509 e. The summed E-state index contributed by atoms with van der Waals surface area (Å²) in [7, 11) is 0. The molecule has 2 aromatic heterocycles. The molecular weight excluding hydrogens is 964 g/mol. The number of quaternary nitrogens is 2. The first-order valence-electron chi connectivity index (χ1n) is 23.1. The van der Waals surface area contributed by atoms with E-state index in [0.29, 0.717) is 20.7 Å². The summed E-state index contributed by atoms with van der Waals surface area (Å²) in [6.07, 6.45) is 4.12. The van der Waals surface area contributed by atoms with Gasteiger partial charge in [-0.25, -0.2) is 9.58 Å². The molecule has 64 heavy (non-hydrogen) atoms. The third-order valence-electron chi connectivity index (χ3n) is 14.5. The molecule has 1 fully saturated rings. The van der Waals surface area contributed by atoms with Crippen LogP contribution in [0.15, 0.2) is 103 Å². The Morgan fingerprint density at radius 1 is 0.562 bits per heavy atom. The molecule has 0 N–H and O–H groups in total. The van der Waals surface area contributed by atoms with Crippen molar-refractivity contribution in [3.05, 3.63) is 150 Å². The molecule has 0 aliphatic carbocycles.